The van der Waals surface area contributed by atoms with Crippen molar-refractivity contribution in [2.24, 2.45) is 0 Å². The Bertz CT molecular complexity index is 1120. The number of ether oxygens (including phenoxy) is 4. The molecule has 0 bridgehead atoms. The fraction of sp³-hybridized carbons (Fsp3) is 0.689. The molecule has 10 nitrogen and oxygen atoms in total. The summed E-state index contributed by atoms with van der Waals surface area (Å²) in [6.45, 7) is 3.22. The molecule has 0 aromatic carbocycles. The van der Waals surface area contributed by atoms with E-state index in [1.807, 2.05) is 36.5 Å². The average molecular weight is 775 g/mol. The number of unbranched alkanes of at least 4 members (excludes halogenated alkanes) is 17. The largest absolute Gasteiger partial charge is 0.462 e. The first-order valence-corrected chi connectivity index (χ1v) is 21.1. The number of allylic oxidation sites excluding steroid dienone is 11. The van der Waals surface area contributed by atoms with Gasteiger partial charge in [-0.2, -0.15) is 0 Å². The highest BCUT2D eigenvalue weighted by molar-refractivity contribution is 5.82. The van der Waals surface area contributed by atoms with E-state index in [0.717, 1.165) is 25.7 Å². The lowest BCUT2D eigenvalue weighted by Gasteiger charge is -2.39. The second-order valence-corrected chi connectivity index (χ2v) is 14.3. The number of hydrogen-bond acceptors (Lipinski definition) is 10. The fourth-order valence-electron chi connectivity index (χ4n) is 5.96. The first-order chi connectivity index (χ1) is 26.8. The van der Waals surface area contributed by atoms with E-state index in [9.17, 15) is 30.0 Å². The van der Waals surface area contributed by atoms with Gasteiger partial charge in [-0.15, -0.1) is 0 Å². The molecule has 4 N–H and O–H groups in total. The molecule has 0 aromatic heterocycles. The van der Waals surface area contributed by atoms with E-state index in [0.29, 0.717) is 6.42 Å². The minimum atomic E-state index is -1.62. The van der Waals surface area contributed by atoms with Gasteiger partial charge in [-0.05, 0) is 19.3 Å². The molecule has 55 heavy (non-hydrogen) atoms. The zero-order valence-corrected chi connectivity index (χ0v) is 33.9. The Morgan fingerprint density at radius 1 is 0.600 bits per heavy atom. The first-order valence-electron chi connectivity index (χ1n) is 21.1. The van der Waals surface area contributed by atoms with Crippen molar-refractivity contribution in [3.05, 3.63) is 72.9 Å². The van der Waals surface area contributed by atoms with E-state index >= 15 is 0 Å². The van der Waals surface area contributed by atoms with Gasteiger partial charge in [-0.25, -0.2) is 4.79 Å². The topological polar surface area (TPSA) is 152 Å². The number of esters is 2. The van der Waals surface area contributed by atoms with Gasteiger partial charge >= 0.3 is 11.9 Å². The molecule has 0 aliphatic carbocycles. The summed E-state index contributed by atoms with van der Waals surface area (Å²) < 4.78 is 21.8. The highest BCUT2D eigenvalue weighted by atomic mass is 16.7. The second-order valence-electron chi connectivity index (χ2n) is 14.3. The zero-order valence-electron chi connectivity index (χ0n) is 33.9. The quantitative estimate of drug-likeness (QED) is 0.0221. The monoisotopic (exact) mass is 775 g/mol. The highest BCUT2D eigenvalue weighted by Crippen LogP contribution is 2.22. The predicted molar refractivity (Wildman–Crippen MR) is 219 cm³/mol. The van der Waals surface area contributed by atoms with Crippen LogP contribution in [-0.2, 0) is 28.5 Å². The van der Waals surface area contributed by atoms with Crippen molar-refractivity contribution in [1.82, 2.24) is 0 Å². The summed E-state index contributed by atoms with van der Waals surface area (Å²) in [5.74, 6) is -1.13. The second kappa shape index (κ2) is 35.5. The number of carbonyl (C=O) groups excluding carboxylic acids is 2. The maximum absolute atomic E-state index is 12.6. The third-order valence-electron chi connectivity index (χ3n) is 9.34. The van der Waals surface area contributed by atoms with Crippen molar-refractivity contribution < 1.29 is 49.0 Å². The lowest BCUT2D eigenvalue weighted by Crippen LogP contribution is -2.59. The predicted octanol–water partition coefficient (Wildman–Crippen LogP) is 8.44. The molecular formula is C45H74O10. The number of hydrogen-bond donors (Lipinski definition) is 4. The van der Waals surface area contributed by atoms with Crippen LogP contribution < -0.4 is 0 Å². The van der Waals surface area contributed by atoms with Crippen molar-refractivity contribution in [3.8, 4) is 0 Å². The summed E-state index contributed by atoms with van der Waals surface area (Å²) in [6.07, 6.45) is 36.9. The molecule has 1 rings (SSSR count). The summed E-state index contributed by atoms with van der Waals surface area (Å²) in [4.78, 5) is 25.1. The van der Waals surface area contributed by atoms with Crippen LogP contribution in [0.1, 0.15) is 142 Å². The Hall–Kier alpha value is -2.86. The Labute approximate surface area is 332 Å². The minimum absolute atomic E-state index is 0.241. The highest BCUT2D eigenvalue weighted by Gasteiger charge is 2.44. The molecular weight excluding hydrogens is 700 g/mol. The van der Waals surface area contributed by atoms with E-state index in [1.165, 1.54) is 102 Å². The van der Waals surface area contributed by atoms with Crippen LogP contribution in [0.2, 0.25) is 0 Å². The molecule has 0 radical (unpaired) electrons. The van der Waals surface area contributed by atoms with E-state index in [-0.39, 0.29) is 19.6 Å². The number of aliphatic hydroxyl groups excluding tert-OH is 4. The standard InChI is InChI=1S/C45H74O10/c1-3-5-7-9-11-13-15-16-17-18-19-20-21-22-24-26-28-30-32-34-41(48)54-38(37-53-45-44(51)43(50)42(49)39(35-46)55-45)36-52-40(47)33-31-29-27-25-23-14-12-10-8-6-4-2/h17-22,24,26,28,30,32,34,38-39,42-46,49-51H,3-16,23,25,27,29,31,33,35-37H2,1-2H3/t38-,39+,42-,43-,44+,45+/m0/s1. The molecule has 0 saturated carbocycles. The summed E-state index contributed by atoms with van der Waals surface area (Å²) in [6, 6.07) is 0. The molecule has 1 aliphatic rings. The van der Waals surface area contributed by atoms with Crippen LogP contribution >= 0.6 is 0 Å². The third-order valence-corrected chi connectivity index (χ3v) is 9.34. The molecule has 10 heteroatoms. The van der Waals surface area contributed by atoms with Crippen LogP contribution in [-0.4, -0.2) is 89.0 Å². The maximum Gasteiger partial charge on any atom is 0.331 e. The van der Waals surface area contributed by atoms with Gasteiger partial charge in [0.05, 0.1) is 13.2 Å². The van der Waals surface area contributed by atoms with Gasteiger partial charge in [-0.1, -0.05) is 183 Å². The van der Waals surface area contributed by atoms with Gasteiger partial charge in [0.15, 0.2) is 12.4 Å². The van der Waals surface area contributed by atoms with E-state index in [2.05, 4.69) is 26.0 Å². The summed E-state index contributed by atoms with van der Waals surface area (Å²) in [7, 11) is 0. The van der Waals surface area contributed by atoms with Gasteiger partial charge in [0.2, 0.25) is 0 Å². The molecule has 1 saturated heterocycles. The van der Waals surface area contributed by atoms with Gasteiger partial charge < -0.3 is 39.4 Å². The van der Waals surface area contributed by atoms with E-state index in [4.69, 9.17) is 18.9 Å². The summed E-state index contributed by atoms with van der Waals surface area (Å²) in [5, 5.41) is 39.9. The zero-order chi connectivity index (χ0) is 40.2. The van der Waals surface area contributed by atoms with Crippen molar-refractivity contribution >= 4 is 11.9 Å². The number of aliphatic hydroxyl groups is 4. The van der Waals surface area contributed by atoms with Crippen molar-refractivity contribution in [2.45, 2.75) is 179 Å². The van der Waals surface area contributed by atoms with Crippen LogP contribution in [0.25, 0.3) is 0 Å². The lowest BCUT2D eigenvalue weighted by molar-refractivity contribution is -0.305. The molecule has 0 amide bonds. The normalized spacial score (nSPS) is 21.3. The number of carbonyl (C=O) groups is 2. The van der Waals surface area contributed by atoms with Crippen LogP contribution in [0.4, 0.5) is 0 Å². The van der Waals surface area contributed by atoms with Gasteiger partial charge in [0.1, 0.15) is 31.0 Å². The number of rotatable bonds is 33. The SMILES string of the molecule is CCCCCCCCCC=CC=CC=CC=CC=CC=CC(=O)O[C@@H](COC(=O)CCCCCCCCCCCCC)CO[C@@H]1O[C@H](CO)[C@H](O)[C@H](O)[C@H]1O. The molecule has 0 unspecified atom stereocenters. The molecule has 1 aliphatic heterocycles. The fourth-order valence-corrected chi connectivity index (χ4v) is 5.96. The molecule has 6 atom stereocenters. The van der Waals surface area contributed by atoms with Crippen molar-refractivity contribution in [3.63, 3.8) is 0 Å². The Morgan fingerprint density at radius 3 is 1.64 bits per heavy atom. The van der Waals surface area contributed by atoms with Crippen LogP contribution in [0.15, 0.2) is 72.9 Å². The Kier molecular flexibility index (Phi) is 32.4. The van der Waals surface area contributed by atoms with Crippen molar-refractivity contribution in [2.75, 3.05) is 19.8 Å². The molecule has 0 spiro atoms. The van der Waals surface area contributed by atoms with Gasteiger partial charge in [0, 0.05) is 12.5 Å². The van der Waals surface area contributed by atoms with Crippen molar-refractivity contribution in [1.29, 1.82) is 0 Å². The minimum Gasteiger partial charge on any atom is -0.462 e. The van der Waals surface area contributed by atoms with Crippen LogP contribution in [0, 0.1) is 0 Å². The first kappa shape index (κ1) is 50.2. The van der Waals surface area contributed by atoms with Crippen LogP contribution in [0.5, 0.6) is 0 Å². The van der Waals surface area contributed by atoms with Gasteiger partial charge in [0.25, 0.3) is 0 Å². The smallest absolute Gasteiger partial charge is 0.331 e. The molecule has 0 aromatic rings. The maximum atomic E-state index is 12.6. The average Bonchev–Trinajstić information content (AvgIpc) is 3.18. The third kappa shape index (κ3) is 27.4. The molecule has 1 fully saturated rings. The summed E-state index contributed by atoms with van der Waals surface area (Å²) in [5.41, 5.74) is 0. The lowest BCUT2D eigenvalue weighted by atomic mass is 9.99. The molecule has 314 valence electrons. The molecule has 1 heterocycles. The summed E-state index contributed by atoms with van der Waals surface area (Å²) >= 11 is 0. The van der Waals surface area contributed by atoms with E-state index in [1.54, 1.807) is 12.2 Å². The van der Waals surface area contributed by atoms with E-state index < -0.39 is 55.4 Å². The van der Waals surface area contributed by atoms with Crippen LogP contribution in [0.3, 0.4) is 0 Å². The Balaban J connectivity index is 2.50. The van der Waals surface area contributed by atoms with Gasteiger partial charge in [-0.3, -0.25) is 4.79 Å². The Morgan fingerprint density at radius 2 is 1.09 bits per heavy atom.